The molecule has 7 nitrogen and oxygen atoms in total. The summed E-state index contributed by atoms with van der Waals surface area (Å²) < 4.78 is 44.1. The standard InChI is InChI=1S/C36H36Cl2FN3O4S/c37-30-19-12-20-31(38)29(30)24-41(34(23-26-13-4-1-5-14-26)36(44)40-27-15-6-2-7-16-27)35(43)25-42(33-22-11-10-21-32(33)39)47(45,46)28-17-8-3-9-18-28/h1,3-5,8-14,17-22,27,34H,2,6-7,15-16,23-25H2,(H,40,44). The smallest absolute Gasteiger partial charge is 0.264 e. The minimum Gasteiger partial charge on any atom is -0.352 e. The van der Waals surface area contributed by atoms with Crippen molar-refractivity contribution in [1.29, 1.82) is 0 Å². The maximum Gasteiger partial charge on any atom is 0.264 e. The Balaban J connectivity index is 1.59. The molecule has 1 fully saturated rings. The monoisotopic (exact) mass is 695 g/mol. The molecule has 4 aromatic rings. The number of amides is 2. The maximum absolute atomic E-state index is 15.3. The topological polar surface area (TPSA) is 86.8 Å². The molecule has 0 bridgehead atoms. The molecule has 1 N–H and O–H groups in total. The van der Waals surface area contributed by atoms with Crippen LogP contribution >= 0.6 is 23.2 Å². The summed E-state index contributed by atoms with van der Waals surface area (Å²) in [5, 5.41) is 3.71. The molecule has 1 unspecified atom stereocenters. The van der Waals surface area contributed by atoms with Gasteiger partial charge in [-0.15, -0.1) is 0 Å². The molecular formula is C36H36Cl2FN3O4S. The SMILES string of the molecule is O=C(NC1CCCCC1)C(Cc1ccccc1)N(Cc1c(Cl)cccc1Cl)C(=O)CN(c1ccccc1F)S(=O)(=O)c1ccccc1. The summed E-state index contributed by atoms with van der Waals surface area (Å²) in [7, 11) is -4.43. The molecule has 0 heterocycles. The van der Waals surface area contributed by atoms with E-state index in [1.807, 2.05) is 30.3 Å². The number of carbonyl (C=O) groups excluding carboxylic acids is 2. The summed E-state index contributed by atoms with van der Waals surface area (Å²) in [6, 6.07) is 25.9. The molecule has 1 atom stereocenters. The van der Waals surface area contributed by atoms with E-state index in [4.69, 9.17) is 23.2 Å². The van der Waals surface area contributed by atoms with Crippen molar-refractivity contribution >= 4 is 50.7 Å². The van der Waals surface area contributed by atoms with Gasteiger partial charge in [-0.3, -0.25) is 13.9 Å². The van der Waals surface area contributed by atoms with Gasteiger partial charge in [-0.2, -0.15) is 0 Å². The first kappa shape index (κ1) is 34.4. The Morgan fingerprint density at radius 3 is 2.04 bits per heavy atom. The second kappa shape index (κ2) is 15.8. The van der Waals surface area contributed by atoms with Gasteiger partial charge in [-0.05, 0) is 54.8 Å². The Morgan fingerprint density at radius 2 is 1.40 bits per heavy atom. The number of benzene rings is 4. The van der Waals surface area contributed by atoms with E-state index < -0.39 is 34.3 Å². The molecular weight excluding hydrogens is 660 g/mol. The number of hydrogen-bond donors (Lipinski definition) is 1. The van der Waals surface area contributed by atoms with Crippen molar-refractivity contribution in [2.24, 2.45) is 0 Å². The third-order valence-corrected chi connectivity index (χ3v) is 10.8. The normalized spacial score (nSPS) is 14.3. The van der Waals surface area contributed by atoms with Gasteiger partial charge in [0.15, 0.2) is 0 Å². The number of rotatable bonds is 12. The minimum atomic E-state index is -4.43. The summed E-state index contributed by atoms with van der Waals surface area (Å²) in [6.07, 6.45) is 4.85. The van der Waals surface area contributed by atoms with Gasteiger partial charge >= 0.3 is 0 Å². The lowest BCUT2D eigenvalue weighted by Gasteiger charge is -2.35. The van der Waals surface area contributed by atoms with Crippen molar-refractivity contribution in [2.45, 2.75) is 62.0 Å². The summed E-state index contributed by atoms with van der Waals surface area (Å²) >= 11 is 13.1. The molecule has 0 aromatic heterocycles. The Bertz CT molecular complexity index is 1770. The third-order valence-electron chi connectivity index (χ3n) is 8.34. The van der Waals surface area contributed by atoms with Crippen LogP contribution in [0, 0.1) is 5.82 Å². The largest absolute Gasteiger partial charge is 0.352 e. The van der Waals surface area contributed by atoms with Crippen molar-refractivity contribution in [1.82, 2.24) is 10.2 Å². The van der Waals surface area contributed by atoms with E-state index in [1.165, 1.54) is 35.2 Å². The van der Waals surface area contributed by atoms with Crippen LogP contribution in [0.25, 0.3) is 0 Å². The molecule has 0 spiro atoms. The van der Waals surface area contributed by atoms with Crippen LogP contribution in [-0.4, -0.2) is 43.8 Å². The predicted octanol–water partition coefficient (Wildman–Crippen LogP) is 7.42. The van der Waals surface area contributed by atoms with Gasteiger partial charge in [-0.25, -0.2) is 12.8 Å². The van der Waals surface area contributed by atoms with Gasteiger partial charge in [0.05, 0.1) is 10.6 Å². The zero-order valence-corrected chi connectivity index (χ0v) is 28.0. The van der Waals surface area contributed by atoms with E-state index >= 15 is 4.39 Å². The molecule has 246 valence electrons. The van der Waals surface area contributed by atoms with Gasteiger partial charge in [0.2, 0.25) is 11.8 Å². The molecule has 1 aliphatic carbocycles. The number of para-hydroxylation sites is 1. The zero-order valence-electron chi connectivity index (χ0n) is 25.7. The summed E-state index contributed by atoms with van der Waals surface area (Å²) in [4.78, 5) is 30.0. The predicted molar refractivity (Wildman–Crippen MR) is 183 cm³/mol. The van der Waals surface area contributed by atoms with Crippen molar-refractivity contribution in [2.75, 3.05) is 10.8 Å². The number of carbonyl (C=O) groups is 2. The summed E-state index contributed by atoms with van der Waals surface area (Å²) in [5.74, 6) is -1.93. The first-order valence-corrected chi connectivity index (χ1v) is 17.7. The fourth-order valence-corrected chi connectivity index (χ4v) is 7.80. The van der Waals surface area contributed by atoms with Crippen LogP contribution in [0.2, 0.25) is 10.0 Å². The Morgan fingerprint density at radius 1 is 0.809 bits per heavy atom. The van der Waals surface area contributed by atoms with Crippen molar-refractivity contribution in [3.8, 4) is 0 Å². The van der Waals surface area contributed by atoms with E-state index in [-0.39, 0.29) is 45.5 Å². The van der Waals surface area contributed by atoms with E-state index in [0.29, 0.717) is 5.56 Å². The first-order valence-electron chi connectivity index (χ1n) is 15.5. The number of sulfonamides is 1. The average molecular weight is 697 g/mol. The number of anilines is 1. The molecule has 4 aromatic carbocycles. The lowest BCUT2D eigenvalue weighted by molar-refractivity contribution is -0.140. The Labute approximate surface area is 285 Å². The molecule has 0 radical (unpaired) electrons. The Kier molecular flexibility index (Phi) is 11.6. The van der Waals surface area contributed by atoms with Crippen molar-refractivity contribution < 1.29 is 22.4 Å². The van der Waals surface area contributed by atoms with Crippen LogP contribution in [0.5, 0.6) is 0 Å². The van der Waals surface area contributed by atoms with Crippen LogP contribution in [0.4, 0.5) is 10.1 Å². The minimum absolute atomic E-state index is 0.0521. The molecule has 5 rings (SSSR count). The highest BCUT2D eigenvalue weighted by atomic mass is 35.5. The van der Waals surface area contributed by atoms with Crippen molar-refractivity contribution in [3.63, 3.8) is 0 Å². The van der Waals surface area contributed by atoms with E-state index in [9.17, 15) is 18.0 Å². The highest BCUT2D eigenvalue weighted by molar-refractivity contribution is 7.92. The van der Waals surface area contributed by atoms with Crippen LogP contribution < -0.4 is 9.62 Å². The van der Waals surface area contributed by atoms with Crippen LogP contribution in [0.3, 0.4) is 0 Å². The summed E-state index contributed by atoms with van der Waals surface area (Å²) in [5.41, 5.74) is 0.894. The fraction of sp³-hybridized carbons (Fsp3) is 0.278. The van der Waals surface area contributed by atoms with Crippen LogP contribution in [-0.2, 0) is 32.6 Å². The zero-order chi connectivity index (χ0) is 33.4. The molecule has 11 heteroatoms. The molecule has 1 saturated carbocycles. The molecule has 47 heavy (non-hydrogen) atoms. The van der Waals surface area contributed by atoms with Gasteiger partial charge in [-0.1, -0.05) is 109 Å². The lowest BCUT2D eigenvalue weighted by atomic mass is 9.94. The maximum atomic E-state index is 15.3. The van der Waals surface area contributed by atoms with Gasteiger partial charge < -0.3 is 10.2 Å². The molecule has 1 aliphatic rings. The third kappa shape index (κ3) is 8.52. The Hall–Kier alpha value is -3.92. The molecule has 2 amide bonds. The van der Waals surface area contributed by atoms with Crippen molar-refractivity contribution in [3.05, 3.63) is 130 Å². The number of nitrogens with zero attached hydrogens (tertiary/aromatic N) is 2. The van der Waals surface area contributed by atoms with Gasteiger partial charge in [0.1, 0.15) is 18.4 Å². The number of halogens is 3. The fourth-order valence-electron chi connectivity index (χ4n) is 5.84. The van der Waals surface area contributed by atoms with E-state index in [1.54, 1.807) is 36.4 Å². The van der Waals surface area contributed by atoms with Gasteiger partial charge in [0.25, 0.3) is 10.0 Å². The molecule has 0 saturated heterocycles. The number of hydrogen-bond acceptors (Lipinski definition) is 4. The van der Waals surface area contributed by atoms with E-state index in [2.05, 4.69) is 5.32 Å². The average Bonchev–Trinajstić information content (AvgIpc) is 3.08. The van der Waals surface area contributed by atoms with Crippen LogP contribution in [0.15, 0.2) is 108 Å². The summed E-state index contributed by atoms with van der Waals surface area (Å²) in [6.45, 7) is -0.981. The quantitative estimate of drug-likeness (QED) is 0.167. The highest BCUT2D eigenvalue weighted by Crippen LogP contribution is 2.30. The molecule has 0 aliphatic heterocycles. The second-order valence-electron chi connectivity index (χ2n) is 11.5. The van der Waals surface area contributed by atoms with Crippen LogP contribution in [0.1, 0.15) is 43.2 Å². The highest BCUT2D eigenvalue weighted by Gasteiger charge is 2.36. The lowest BCUT2D eigenvalue weighted by Crippen LogP contribution is -2.55. The van der Waals surface area contributed by atoms with Gasteiger partial charge in [0, 0.05) is 34.6 Å². The number of nitrogens with one attached hydrogen (secondary N) is 1. The van der Waals surface area contributed by atoms with E-state index in [0.717, 1.165) is 48.0 Å². The first-order chi connectivity index (χ1) is 22.6. The second-order valence-corrected chi connectivity index (χ2v) is 14.2.